The Morgan fingerprint density at radius 3 is 2.94 bits per heavy atom. The minimum atomic E-state index is 0.0854. The van der Waals surface area contributed by atoms with Crippen molar-refractivity contribution in [2.75, 3.05) is 51.7 Å². The summed E-state index contributed by atoms with van der Waals surface area (Å²) in [5.41, 5.74) is 3.82. The van der Waals surface area contributed by atoms with E-state index in [0.717, 1.165) is 90.9 Å². The normalized spacial score (nSPS) is 19.4. The second kappa shape index (κ2) is 10.8. The van der Waals surface area contributed by atoms with Crippen molar-refractivity contribution in [2.45, 2.75) is 30.8 Å². The number of likely N-dealkylation sites (tertiary alicyclic amines) is 1. The second-order valence-corrected chi connectivity index (χ2v) is 10.1. The first-order chi connectivity index (χ1) is 16.7. The number of aromatic nitrogens is 3. The highest BCUT2D eigenvalue weighted by molar-refractivity contribution is 7.99. The fourth-order valence-corrected chi connectivity index (χ4v) is 5.61. The molecule has 4 heterocycles. The van der Waals surface area contributed by atoms with Gasteiger partial charge in [0.2, 0.25) is 0 Å². The van der Waals surface area contributed by atoms with E-state index in [4.69, 9.17) is 9.72 Å². The van der Waals surface area contributed by atoms with Crippen LogP contribution in [0.15, 0.2) is 47.9 Å². The number of pyridine rings is 1. The third-order valence-corrected chi connectivity index (χ3v) is 7.52. The van der Waals surface area contributed by atoms with Crippen LogP contribution >= 0.6 is 11.8 Å². The smallest absolute Gasteiger partial charge is 0.253 e. The molecular formula is C26H31N5O2S. The van der Waals surface area contributed by atoms with Gasteiger partial charge in [0.05, 0.1) is 24.4 Å². The van der Waals surface area contributed by atoms with Gasteiger partial charge in [-0.15, -0.1) is 0 Å². The lowest BCUT2D eigenvalue weighted by Gasteiger charge is -2.33. The highest BCUT2D eigenvalue weighted by Gasteiger charge is 2.28. The lowest BCUT2D eigenvalue weighted by Crippen LogP contribution is -2.39. The maximum atomic E-state index is 13.3. The lowest BCUT2D eigenvalue weighted by atomic mass is 9.92. The summed E-state index contributed by atoms with van der Waals surface area (Å²) in [5, 5.41) is 1.83. The molecular weight excluding hydrogens is 446 g/mol. The molecule has 0 aliphatic carbocycles. The van der Waals surface area contributed by atoms with Crippen LogP contribution in [0, 0.1) is 6.92 Å². The number of rotatable bonds is 6. The van der Waals surface area contributed by atoms with Gasteiger partial charge in [0.25, 0.3) is 5.91 Å². The molecule has 34 heavy (non-hydrogen) atoms. The summed E-state index contributed by atoms with van der Waals surface area (Å²) in [5.74, 6) is 1.29. The molecule has 5 rings (SSSR count). The largest absolute Gasteiger partial charge is 0.379 e. The van der Waals surface area contributed by atoms with Crippen LogP contribution in [-0.2, 0) is 4.74 Å². The van der Waals surface area contributed by atoms with Crippen molar-refractivity contribution in [3.63, 3.8) is 0 Å². The van der Waals surface area contributed by atoms with Gasteiger partial charge in [0.15, 0.2) is 5.16 Å². The Bertz CT molecular complexity index is 1150. The van der Waals surface area contributed by atoms with Crippen LogP contribution in [0.5, 0.6) is 0 Å². The van der Waals surface area contributed by atoms with Gasteiger partial charge in [-0.2, -0.15) is 0 Å². The molecule has 178 valence electrons. The van der Waals surface area contributed by atoms with Gasteiger partial charge in [-0.25, -0.2) is 9.97 Å². The SMILES string of the molecule is Cc1cnc(SCCN2CCOCC2)nc1[C@H]1CCCN(C(=O)c2ccc3ncccc3c2)C1. The molecule has 0 unspecified atom stereocenters. The van der Waals surface area contributed by atoms with Crippen molar-refractivity contribution in [3.8, 4) is 0 Å². The Labute approximate surface area is 204 Å². The number of thioether (sulfide) groups is 1. The van der Waals surface area contributed by atoms with E-state index in [9.17, 15) is 4.79 Å². The Balaban J connectivity index is 1.25. The van der Waals surface area contributed by atoms with Gasteiger partial charge in [-0.3, -0.25) is 14.7 Å². The number of fused-ring (bicyclic) bond motifs is 1. The van der Waals surface area contributed by atoms with Crippen molar-refractivity contribution in [3.05, 3.63) is 59.5 Å². The molecule has 0 N–H and O–H groups in total. The summed E-state index contributed by atoms with van der Waals surface area (Å²) >= 11 is 1.71. The number of ether oxygens (including phenoxy) is 1. The number of carbonyl (C=O) groups excluding carboxylic acids is 1. The number of hydrogen-bond donors (Lipinski definition) is 0. The molecule has 3 aromatic rings. The van der Waals surface area contributed by atoms with Crippen LogP contribution in [0.1, 0.15) is 40.4 Å². The Kier molecular flexibility index (Phi) is 7.37. The summed E-state index contributed by atoms with van der Waals surface area (Å²) in [6, 6.07) is 9.68. The van der Waals surface area contributed by atoms with Crippen LogP contribution in [0.2, 0.25) is 0 Å². The molecule has 8 heteroatoms. The van der Waals surface area contributed by atoms with Gasteiger partial charge in [-0.05, 0) is 49.6 Å². The Morgan fingerprint density at radius 2 is 2.06 bits per heavy atom. The van der Waals surface area contributed by atoms with Crippen LogP contribution < -0.4 is 0 Å². The summed E-state index contributed by atoms with van der Waals surface area (Å²) in [6.07, 6.45) is 5.74. The quantitative estimate of drug-likeness (QED) is 0.395. The number of amides is 1. The summed E-state index contributed by atoms with van der Waals surface area (Å²) < 4.78 is 5.43. The van der Waals surface area contributed by atoms with Crippen molar-refractivity contribution < 1.29 is 9.53 Å². The van der Waals surface area contributed by atoms with Gasteiger partial charge in [0.1, 0.15) is 0 Å². The van der Waals surface area contributed by atoms with Crippen molar-refractivity contribution in [1.82, 2.24) is 24.8 Å². The van der Waals surface area contributed by atoms with E-state index in [1.807, 2.05) is 41.4 Å². The first-order valence-electron chi connectivity index (χ1n) is 12.1. The second-order valence-electron chi connectivity index (χ2n) is 9.02. The minimum absolute atomic E-state index is 0.0854. The molecule has 0 spiro atoms. The highest BCUT2D eigenvalue weighted by Crippen LogP contribution is 2.30. The summed E-state index contributed by atoms with van der Waals surface area (Å²) in [4.78, 5) is 31.6. The summed E-state index contributed by atoms with van der Waals surface area (Å²) in [7, 11) is 0. The zero-order valence-electron chi connectivity index (χ0n) is 19.7. The molecule has 1 atom stereocenters. The van der Waals surface area contributed by atoms with E-state index in [-0.39, 0.29) is 11.8 Å². The zero-order chi connectivity index (χ0) is 23.3. The molecule has 2 saturated heterocycles. The van der Waals surface area contributed by atoms with E-state index in [1.54, 1.807) is 18.0 Å². The first kappa shape index (κ1) is 23.2. The van der Waals surface area contributed by atoms with E-state index < -0.39 is 0 Å². The van der Waals surface area contributed by atoms with E-state index in [1.165, 1.54) is 0 Å². The average molecular weight is 478 g/mol. The van der Waals surface area contributed by atoms with Crippen molar-refractivity contribution in [1.29, 1.82) is 0 Å². The topological polar surface area (TPSA) is 71.5 Å². The third kappa shape index (κ3) is 5.40. The number of hydrogen-bond acceptors (Lipinski definition) is 7. The number of nitrogens with zero attached hydrogens (tertiary/aromatic N) is 5. The maximum absolute atomic E-state index is 13.3. The first-order valence-corrected chi connectivity index (χ1v) is 13.1. The summed E-state index contributed by atoms with van der Waals surface area (Å²) in [6.45, 7) is 8.22. The monoisotopic (exact) mass is 477 g/mol. The number of morpholine rings is 1. The van der Waals surface area contributed by atoms with Gasteiger partial charge in [0, 0.05) is 67.7 Å². The number of piperidine rings is 1. The fourth-order valence-electron chi connectivity index (χ4n) is 4.79. The van der Waals surface area contributed by atoms with Gasteiger partial charge in [-0.1, -0.05) is 17.8 Å². The van der Waals surface area contributed by atoms with E-state index in [0.29, 0.717) is 6.54 Å². The molecule has 2 aliphatic heterocycles. The molecule has 1 aromatic carbocycles. The predicted molar refractivity (Wildman–Crippen MR) is 134 cm³/mol. The van der Waals surface area contributed by atoms with Crippen LogP contribution in [0.3, 0.4) is 0 Å². The molecule has 1 amide bonds. The van der Waals surface area contributed by atoms with Crippen LogP contribution in [-0.4, -0.2) is 82.3 Å². The molecule has 2 aliphatic rings. The molecule has 7 nitrogen and oxygen atoms in total. The molecule has 2 aromatic heterocycles. The molecule has 0 bridgehead atoms. The zero-order valence-corrected chi connectivity index (χ0v) is 20.5. The third-order valence-electron chi connectivity index (χ3n) is 6.68. The van der Waals surface area contributed by atoms with Crippen molar-refractivity contribution in [2.24, 2.45) is 0 Å². The highest BCUT2D eigenvalue weighted by atomic mass is 32.2. The van der Waals surface area contributed by atoms with E-state index in [2.05, 4.69) is 21.8 Å². The van der Waals surface area contributed by atoms with Crippen LogP contribution in [0.4, 0.5) is 0 Å². The number of carbonyl (C=O) groups is 1. The molecule has 0 radical (unpaired) electrons. The number of aryl methyl sites for hydroxylation is 1. The minimum Gasteiger partial charge on any atom is -0.379 e. The molecule has 2 fully saturated rings. The average Bonchev–Trinajstić information content (AvgIpc) is 2.89. The Morgan fingerprint density at radius 1 is 1.18 bits per heavy atom. The lowest BCUT2D eigenvalue weighted by molar-refractivity contribution is 0.0410. The standard InChI is InChI=1S/C26H31N5O2S/c1-19-17-28-26(34-15-12-30-10-13-33-14-11-30)29-24(19)22-5-3-9-31(18-22)25(32)21-6-7-23-20(16-21)4-2-8-27-23/h2,4,6-8,16-17,22H,3,5,9-15,18H2,1H3/t22-/m0/s1. The molecule has 0 saturated carbocycles. The fraction of sp³-hybridized carbons (Fsp3) is 0.462. The van der Waals surface area contributed by atoms with Crippen molar-refractivity contribution >= 4 is 28.6 Å². The van der Waals surface area contributed by atoms with Crippen LogP contribution in [0.25, 0.3) is 10.9 Å². The number of benzene rings is 1. The van der Waals surface area contributed by atoms with E-state index >= 15 is 0 Å². The van der Waals surface area contributed by atoms with Gasteiger partial charge >= 0.3 is 0 Å². The predicted octanol–water partition coefficient (Wildman–Crippen LogP) is 3.78. The maximum Gasteiger partial charge on any atom is 0.253 e. The Hall–Kier alpha value is -2.55. The van der Waals surface area contributed by atoms with Gasteiger partial charge < -0.3 is 9.64 Å².